The minimum Gasteiger partial charge on any atom is -0.382 e. The minimum atomic E-state index is 0.541. The second-order valence-corrected chi connectivity index (χ2v) is 4.86. The van der Waals surface area contributed by atoms with Crippen molar-refractivity contribution in [1.82, 2.24) is 4.90 Å². The predicted molar refractivity (Wildman–Crippen MR) is 70.0 cm³/mol. The van der Waals surface area contributed by atoms with Crippen molar-refractivity contribution in [2.24, 2.45) is 0 Å². The standard InChI is InChI=1S/C14H19N3/c1-11-3-4-12(10-15)9-14(11)16-13-5-7-17(2)8-6-13/h3-4,9,13,16H,5-8H2,1-2H3. The van der Waals surface area contributed by atoms with Crippen LogP contribution in [0.5, 0.6) is 0 Å². The second-order valence-electron chi connectivity index (χ2n) is 4.86. The van der Waals surface area contributed by atoms with Gasteiger partial charge in [-0.1, -0.05) is 6.07 Å². The third-order valence-corrected chi connectivity index (χ3v) is 3.44. The van der Waals surface area contributed by atoms with Gasteiger partial charge in [0.15, 0.2) is 0 Å². The largest absolute Gasteiger partial charge is 0.382 e. The van der Waals surface area contributed by atoms with Crippen LogP contribution in [-0.4, -0.2) is 31.1 Å². The van der Waals surface area contributed by atoms with Gasteiger partial charge in [-0.2, -0.15) is 5.26 Å². The number of benzene rings is 1. The molecule has 1 heterocycles. The number of piperidine rings is 1. The van der Waals surface area contributed by atoms with Gasteiger partial charge >= 0.3 is 0 Å². The fourth-order valence-electron chi connectivity index (χ4n) is 2.22. The fourth-order valence-corrected chi connectivity index (χ4v) is 2.22. The van der Waals surface area contributed by atoms with E-state index < -0.39 is 0 Å². The maximum Gasteiger partial charge on any atom is 0.0992 e. The fraction of sp³-hybridized carbons (Fsp3) is 0.500. The molecule has 3 heteroatoms. The first-order chi connectivity index (χ1) is 8.19. The van der Waals surface area contributed by atoms with Gasteiger partial charge in [0.1, 0.15) is 0 Å². The Kier molecular flexibility index (Phi) is 3.65. The summed E-state index contributed by atoms with van der Waals surface area (Å²) in [6, 6.07) is 8.56. The maximum absolute atomic E-state index is 8.91. The average Bonchev–Trinajstić information content (AvgIpc) is 2.35. The smallest absolute Gasteiger partial charge is 0.0992 e. The molecule has 0 bridgehead atoms. The molecule has 1 aliphatic rings. The van der Waals surface area contributed by atoms with Gasteiger partial charge in [-0.3, -0.25) is 0 Å². The van der Waals surface area contributed by atoms with Gasteiger partial charge < -0.3 is 10.2 Å². The van der Waals surface area contributed by atoms with Crippen LogP contribution >= 0.6 is 0 Å². The monoisotopic (exact) mass is 229 g/mol. The van der Waals surface area contributed by atoms with Crippen molar-refractivity contribution in [3.05, 3.63) is 29.3 Å². The highest BCUT2D eigenvalue weighted by atomic mass is 15.1. The van der Waals surface area contributed by atoms with E-state index in [0.717, 1.165) is 24.3 Å². The predicted octanol–water partition coefficient (Wildman–Crippen LogP) is 2.37. The maximum atomic E-state index is 8.91. The van der Waals surface area contributed by atoms with E-state index in [2.05, 4.69) is 30.3 Å². The number of anilines is 1. The lowest BCUT2D eigenvalue weighted by atomic mass is 10.0. The lowest BCUT2D eigenvalue weighted by Crippen LogP contribution is -2.36. The van der Waals surface area contributed by atoms with Gasteiger partial charge in [0.05, 0.1) is 11.6 Å². The quantitative estimate of drug-likeness (QED) is 0.846. The summed E-state index contributed by atoms with van der Waals surface area (Å²) in [4.78, 5) is 2.36. The summed E-state index contributed by atoms with van der Waals surface area (Å²) in [7, 11) is 2.16. The lowest BCUT2D eigenvalue weighted by molar-refractivity contribution is 0.264. The summed E-state index contributed by atoms with van der Waals surface area (Å²) >= 11 is 0. The summed E-state index contributed by atoms with van der Waals surface area (Å²) in [5, 5.41) is 12.5. The van der Waals surface area contributed by atoms with Gasteiger partial charge in [-0.05, 0) is 57.6 Å². The highest BCUT2D eigenvalue weighted by molar-refractivity contribution is 5.55. The SMILES string of the molecule is Cc1ccc(C#N)cc1NC1CCN(C)CC1. The van der Waals surface area contributed by atoms with Gasteiger partial charge in [0.2, 0.25) is 0 Å². The van der Waals surface area contributed by atoms with E-state index >= 15 is 0 Å². The third-order valence-electron chi connectivity index (χ3n) is 3.44. The van der Waals surface area contributed by atoms with E-state index in [1.807, 2.05) is 18.2 Å². The molecule has 0 aromatic heterocycles. The molecule has 0 atom stereocenters. The molecule has 1 fully saturated rings. The summed E-state index contributed by atoms with van der Waals surface area (Å²) in [6.07, 6.45) is 2.35. The van der Waals surface area contributed by atoms with Crippen molar-refractivity contribution in [3.8, 4) is 6.07 Å². The van der Waals surface area contributed by atoms with Crippen LogP contribution in [0, 0.1) is 18.3 Å². The van der Waals surface area contributed by atoms with Crippen LogP contribution in [0.1, 0.15) is 24.0 Å². The second kappa shape index (κ2) is 5.20. The molecular weight excluding hydrogens is 210 g/mol. The Morgan fingerprint density at radius 2 is 2.06 bits per heavy atom. The van der Waals surface area contributed by atoms with Crippen LogP contribution in [0.3, 0.4) is 0 Å². The van der Waals surface area contributed by atoms with Crippen molar-refractivity contribution < 1.29 is 0 Å². The number of nitriles is 1. The van der Waals surface area contributed by atoms with Crippen LogP contribution < -0.4 is 5.32 Å². The Hall–Kier alpha value is -1.53. The summed E-state index contributed by atoms with van der Waals surface area (Å²) < 4.78 is 0. The molecule has 1 aliphatic heterocycles. The van der Waals surface area contributed by atoms with Crippen molar-refractivity contribution in [2.75, 3.05) is 25.5 Å². The van der Waals surface area contributed by atoms with Crippen molar-refractivity contribution in [2.45, 2.75) is 25.8 Å². The van der Waals surface area contributed by atoms with E-state index in [9.17, 15) is 0 Å². The number of likely N-dealkylation sites (tertiary alicyclic amines) is 1. The number of rotatable bonds is 2. The Morgan fingerprint density at radius 3 is 2.71 bits per heavy atom. The lowest BCUT2D eigenvalue weighted by Gasteiger charge is -2.30. The molecular formula is C14H19N3. The third kappa shape index (κ3) is 2.98. The molecule has 1 N–H and O–H groups in total. The van der Waals surface area contributed by atoms with Gasteiger partial charge in [0.25, 0.3) is 0 Å². The van der Waals surface area contributed by atoms with E-state index in [1.54, 1.807) is 0 Å². The first kappa shape index (κ1) is 11.9. The Morgan fingerprint density at radius 1 is 1.35 bits per heavy atom. The van der Waals surface area contributed by atoms with Gasteiger partial charge in [0, 0.05) is 11.7 Å². The number of nitrogens with zero attached hydrogens (tertiary/aromatic N) is 2. The molecule has 0 saturated carbocycles. The van der Waals surface area contributed by atoms with Crippen LogP contribution in [0.25, 0.3) is 0 Å². The highest BCUT2D eigenvalue weighted by Gasteiger charge is 2.16. The number of aryl methyl sites for hydroxylation is 1. The minimum absolute atomic E-state index is 0.541. The molecule has 3 nitrogen and oxygen atoms in total. The van der Waals surface area contributed by atoms with Gasteiger partial charge in [-0.15, -0.1) is 0 Å². The van der Waals surface area contributed by atoms with E-state index in [0.29, 0.717) is 6.04 Å². The topological polar surface area (TPSA) is 39.1 Å². The number of nitrogens with one attached hydrogen (secondary N) is 1. The summed E-state index contributed by atoms with van der Waals surface area (Å²) in [6.45, 7) is 4.38. The van der Waals surface area contributed by atoms with Crippen LogP contribution in [0.15, 0.2) is 18.2 Å². The van der Waals surface area contributed by atoms with Crippen molar-refractivity contribution >= 4 is 5.69 Å². The van der Waals surface area contributed by atoms with E-state index in [4.69, 9.17) is 5.26 Å². The summed E-state index contributed by atoms with van der Waals surface area (Å²) in [5.41, 5.74) is 3.05. The molecule has 17 heavy (non-hydrogen) atoms. The highest BCUT2D eigenvalue weighted by Crippen LogP contribution is 2.20. The number of hydrogen-bond donors (Lipinski definition) is 1. The normalized spacial score (nSPS) is 17.7. The van der Waals surface area contributed by atoms with Crippen molar-refractivity contribution in [1.29, 1.82) is 5.26 Å². The molecule has 0 unspecified atom stereocenters. The van der Waals surface area contributed by atoms with Crippen LogP contribution in [0.2, 0.25) is 0 Å². The molecule has 1 saturated heterocycles. The van der Waals surface area contributed by atoms with Crippen LogP contribution in [0.4, 0.5) is 5.69 Å². The molecule has 2 rings (SSSR count). The molecule has 90 valence electrons. The van der Waals surface area contributed by atoms with E-state index in [1.165, 1.54) is 18.4 Å². The van der Waals surface area contributed by atoms with Crippen molar-refractivity contribution in [3.63, 3.8) is 0 Å². The molecule has 0 spiro atoms. The first-order valence-corrected chi connectivity index (χ1v) is 6.15. The van der Waals surface area contributed by atoms with E-state index in [-0.39, 0.29) is 0 Å². The Balaban J connectivity index is 2.05. The molecule has 0 radical (unpaired) electrons. The Bertz CT molecular complexity index is 426. The van der Waals surface area contributed by atoms with Crippen LogP contribution in [-0.2, 0) is 0 Å². The Labute approximate surface area is 103 Å². The molecule has 1 aromatic carbocycles. The first-order valence-electron chi connectivity index (χ1n) is 6.15. The zero-order chi connectivity index (χ0) is 12.3. The van der Waals surface area contributed by atoms with Gasteiger partial charge in [-0.25, -0.2) is 0 Å². The average molecular weight is 229 g/mol. The number of hydrogen-bond acceptors (Lipinski definition) is 3. The molecule has 0 amide bonds. The molecule has 1 aromatic rings. The zero-order valence-electron chi connectivity index (χ0n) is 10.5. The summed E-state index contributed by atoms with van der Waals surface area (Å²) in [5.74, 6) is 0. The molecule has 0 aliphatic carbocycles. The zero-order valence-corrected chi connectivity index (χ0v) is 10.5.